The zero-order chi connectivity index (χ0) is 13.7. The molecule has 104 valence electrons. The molecular formula is C14H19NO4. The molecule has 1 fully saturated rings. The molecule has 0 unspecified atom stereocenters. The molecule has 1 saturated carbocycles. The molecule has 1 aromatic rings. The van der Waals surface area contributed by atoms with E-state index >= 15 is 0 Å². The third-order valence-electron chi connectivity index (χ3n) is 3.47. The first-order valence-corrected chi connectivity index (χ1v) is 6.72. The third-order valence-corrected chi connectivity index (χ3v) is 3.47. The number of carboxylic acid groups (broad SMARTS) is 1. The Hall–Kier alpha value is -1.62. The molecule has 19 heavy (non-hydrogen) atoms. The average Bonchev–Trinajstić information content (AvgIpc) is 2.42. The molecule has 2 rings (SSSR count). The minimum atomic E-state index is -1.03. The second-order valence-corrected chi connectivity index (χ2v) is 4.89. The maximum atomic E-state index is 11.6. The SMILES string of the molecule is O=C(O)c1ccc(=O)n(CCOC2CCCCC2)c1. The monoisotopic (exact) mass is 265 g/mol. The fraction of sp³-hybridized carbons (Fsp3) is 0.571. The molecule has 0 bridgehead atoms. The topological polar surface area (TPSA) is 68.5 Å². The zero-order valence-electron chi connectivity index (χ0n) is 10.9. The van der Waals surface area contributed by atoms with Gasteiger partial charge in [-0.1, -0.05) is 19.3 Å². The quantitative estimate of drug-likeness (QED) is 0.882. The summed E-state index contributed by atoms with van der Waals surface area (Å²) in [4.78, 5) is 22.4. The van der Waals surface area contributed by atoms with Gasteiger partial charge in [0.05, 0.1) is 18.3 Å². The van der Waals surface area contributed by atoms with Crippen LogP contribution in [-0.4, -0.2) is 28.4 Å². The van der Waals surface area contributed by atoms with Gasteiger partial charge in [0, 0.05) is 18.8 Å². The van der Waals surface area contributed by atoms with Crippen LogP contribution in [0.4, 0.5) is 0 Å². The van der Waals surface area contributed by atoms with E-state index < -0.39 is 5.97 Å². The van der Waals surface area contributed by atoms with Crippen molar-refractivity contribution in [2.24, 2.45) is 0 Å². The molecule has 1 N–H and O–H groups in total. The number of carboxylic acids is 1. The second kappa shape index (κ2) is 6.52. The van der Waals surface area contributed by atoms with E-state index in [2.05, 4.69) is 0 Å². The number of carbonyl (C=O) groups is 1. The van der Waals surface area contributed by atoms with E-state index in [0.29, 0.717) is 19.3 Å². The molecule has 0 aliphatic heterocycles. The van der Waals surface area contributed by atoms with E-state index in [-0.39, 0.29) is 11.1 Å². The molecule has 0 saturated heterocycles. The van der Waals surface area contributed by atoms with Gasteiger partial charge >= 0.3 is 5.97 Å². The van der Waals surface area contributed by atoms with Crippen LogP contribution in [0, 0.1) is 0 Å². The number of hydrogen-bond acceptors (Lipinski definition) is 3. The van der Waals surface area contributed by atoms with Crippen LogP contribution in [0.3, 0.4) is 0 Å². The molecule has 0 spiro atoms. The number of nitrogens with zero attached hydrogens (tertiary/aromatic N) is 1. The largest absolute Gasteiger partial charge is 0.478 e. The van der Waals surface area contributed by atoms with Crippen molar-refractivity contribution in [2.75, 3.05) is 6.61 Å². The highest BCUT2D eigenvalue weighted by Gasteiger charge is 2.13. The zero-order valence-corrected chi connectivity index (χ0v) is 10.9. The highest BCUT2D eigenvalue weighted by Crippen LogP contribution is 2.20. The normalized spacial score (nSPS) is 16.4. The highest BCUT2D eigenvalue weighted by atomic mass is 16.5. The number of hydrogen-bond donors (Lipinski definition) is 1. The highest BCUT2D eigenvalue weighted by molar-refractivity contribution is 5.87. The van der Waals surface area contributed by atoms with E-state index in [1.807, 2.05) is 0 Å². The summed E-state index contributed by atoms with van der Waals surface area (Å²) in [6.07, 6.45) is 7.54. The van der Waals surface area contributed by atoms with Crippen LogP contribution in [0.1, 0.15) is 42.5 Å². The van der Waals surface area contributed by atoms with Crippen molar-refractivity contribution in [3.05, 3.63) is 34.2 Å². The van der Waals surface area contributed by atoms with E-state index in [4.69, 9.17) is 9.84 Å². The third kappa shape index (κ3) is 3.92. The van der Waals surface area contributed by atoms with Crippen LogP contribution >= 0.6 is 0 Å². The van der Waals surface area contributed by atoms with Crippen molar-refractivity contribution < 1.29 is 14.6 Å². The van der Waals surface area contributed by atoms with E-state index in [1.54, 1.807) is 0 Å². The molecule has 1 aliphatic carbocycles. The lowest BCUT2D eigenvalue weighted by Gasteiger charge is -2.22. The number of pyridine rings is 1. The molecule has 1 aliphatic rings. The van der Waals surface area contributed by atoms with Gasteiger partial charge in [0.25, 0.3) is 5.56 Å². The summed E-state index contributed by atoms with van der Waals surface area (Å²) in [5, 5.41) is 8.88. The van der Waals surface area contributed by atoms with Gasteiger partial charge in [-0.2, -0.15) is 0 Å². The summed E-state index contributed by atoms with van der Waals surface area (Å²) >= 11 is 0. The molecule has 0 amide bonds. The summed E-state index contributed by atoms with van der Waals surface area (Å²) in [6.45, 7) is 0.851. The Morgan fingerprint density at radius 1 is 1.32 bits per heavy atom. The summed E-state index contributed by atoms with van der Waals surface area (Å²) in [5.41, 5.74) is -0.0745. The Kier molecular flexibility index (Phi) is 4.74. The van der Waals surface area contributed by atoms with Crippen molar-refractivity contribution in [3.8, 4) is 0 Å². The lowest BCUT2D eigenvalue weighted by Crippen LogP contribution is -2.25. The van der Waals surface area contributed by atoms with Gasteiger partial charge in [0.2, 0.25) is 0 Å². The van der Waals surface area contributed by atoms with Gasteiger partial charge in [-0.25, -0.2) is 4.79 Å². The molecule has 5 heteroatoms. The summed E-state index contributed by atoms with van der Waals surface area (Å²) in [5.74, 6) is -1.03. The Morgan fingerprint density at radius 2 is 2.05 bits per heavy atom. The average molecular weight is 265 g/mol. The first-order valence-electron chi connectivity index (χ1n) is 6.72. The van der Waals surface area contributed by atoms with Gasteiger partial charge in [-0.3, -0.25) is 4.79 Å². The van der Waals surface area contributed by atoms with E-state index in [0.717, 1.165) is 12.8 Å². The van der Waals surface area contributed by atoms with Gasteiger partial charge in [0.15, 0.2) is 0 Å². The van der Waals surface area contributed by atoms with Gasteiger partial charge in [-0.05, 0) is 18.9 Å². The lowest BCUT2D eigenvalue weighted by molar-refractivity contribution is 0.0237. The first kappa shape index (κ1) is 13.8. The summed E-state index contributed by atoms with van der Waals surface area (Å²) in [7, 11) is 0. The minimum absolute atomic E-state index is 0.122. The van der Waals surface area contributed by atoms with Gasteiger partial charge in [-0.15, -0.1) is 0 Å². The molecule has 1 heterocycles. The van der Waals surface area contributed by atoms with Crippen molar-refractivity contribution >= 4 is 5.97 Å². The van der Waals surface area contributed by atoms with Crippen LogP contribution in [0.15, 0.2) is 23.1 Å². The Bertz CT molecular complexity index is 488. The smallest absolute Gasteiger partial charge is 0.337 e. The summed E-state index contributed by atoms with van der Waals surface area (Å²) in [6, 6.07) is 2.60. The fourth-order valence-electron chi connectivity index (χ4n) is 2.38. The summed E-state index contributed by atoms with van der Waals surface area (Å²) < 4.78 is 7.13. The van der Waals surface area contributed by atoms with Crippen LogP contribution in [-0.2, 0) is 11.3 Å². The Labute approximate surface area is 111 Å². The number of aromatic carboxylic acids is 1. The Balaban J connectivity index is 1.89. The molecule has 1 aromatic heterocycles. The van der Waals surface area contributed by atoms with Crippen LogP contribution in [0.25, 0.3) is 0 Å². The second-order valence-electron chi connectivity index (χ2n) is 4.89. The van der Waals surface area contributed by atoms with Crippen LogP contribution < -0.4 is 5.56 Å². The van der Waals surface area contributed by atoms with Gasteiger partial charge < -0.3 is 14.4 Å². The van der Waals surface area contributed by atoms with Crippen LogP contribution in [0.2, 0.25) is 0 Å². The predicted octanol–water partition coefficient (Wildman–Crippen LogP) is 1.90. The van der Waals surface area contributed by atoms with Crippen molar-refractivity contribution in [1.29, 1.82) is 0 Å². The van der Waals surface area contributed by atoms with Crippen molar-refractivity contribution in [1.82, 2.24) is 4.57 Å². The number of ether oxygens (including phenoxy) is 1. The first-order chi connectivity index (χ1) is 9.16. The molecular weight excluding hydrogens is 246 g/mol. The molecule has 0 atom stereocenters. The number of aromatic nitrogens is 1. The van der Waals surface area contributed by atoms with E-state index in [1.165, 1.54) is 42.2 Å². The molecule has 0 radical (unpaired) electrons. The molecule has 0 aromatic carbocycles. The van der Waals surface area contributed by atoms with Gasteiger partial charge in [0.1, 0.15) is 0 Å². The van der Waals surface area contributed by atoms with Crippen molar-refractivity contribution in [3.63, 3.8) is 0 Å². The minimum Gasteiger partial charge on any atom is -0.478 e. The number of rotatable bonds is 5. The maximum absolute atomic E-state index is 11.6. The fourth-order valence-corrected chi connectivity index (χ4v) is 2.38. The van der Waals surface area contributed by atoms with Crippen LogP contribution in [0.5, 0.6) is 0 Å². The maximum Gasteiger partial charge on any atom is 0.337 e. The molecule has 5 nitrogen and oxygen atoms in total. The predicted molar refractivity (Wildman–Crippen MR) is 70.5 cm³/mol. The Morgan fingerprint density at radius 3 is 2.74 bits per heavy atom. The standard InChI is InChI=1S/C14H19NO4/c16-13-7-6-11(14(17)18)10-15(13)8-9-19-12-4-2-1-3-5-12/h6-7,10,12H,1-5,8-9H2,(H,17,18). The van der Waals surface area contributed by atoms with E-state index in [9.17, 15) is 9.59 Å². The lowest BCUT2D eigenvalue weighted by atomic mass is 9.98. The van der Waals surface area contributed by atoms with Crippen molar-refractivity contribution in [2.45, 2.75) is 44.8 Å².